The second kappa shape index (κ2) is 7.88. The number of hydrogen-bond acceptors (Lipinski definition) is 4. The van der Waals surface area contributed by atoms with Gasteiger partial charge >= 0.3 is 6.03 Å². The number of furan rings is 1. The van der Waals surface area contributed by atoms with E-state index in [-0.39, 0.29) is 12.1 Å². The van der Waals surface area contributed by atoms with Crippen molar-refractivity contribution in [2.45, 2.75) is 25.5 Å². The van der Waals surface area contributed by atoms with Gasteiger partial charge in [-0.25, -0.2) is 4.79 Å². The van der Waals surface area contributed by atoms with E-state index in [1.807, 2.05) is 30.3 Å². The molecule has 1 saturated heterocycles. The molecule has 1 aromatic carbocycles. The van der Waals surface area contributed by atoms with Crippen LogP contribution in [0.5, 0.6) is 5.75 Å². The van der Waals surface area contributed by atoms with Crippen LogP contribution in [0, 0.1) is 0 Å². The predicted molar refractivity (Wildman–Crippen MR) is 90.1 cm³/mol. The van der Waals surface area contributed by atoms with E-state index in [0.29, 0.717) is 24.5 Å². The molecule has 6 nitrogen and oxygen atoms in total. The highest BCUT2D eigenvalue weighted by atomic mass is 16.5. The fourth-order valence-corrected chi connectivity index (χ4v) is 2.75. The lowest BCUT2D eigenvalue weighted by Crippen LogP contribution is -2.39. The van der Waals surface area contributed by atoms with Crippen LogP contribution in [0.3, 0.4) is 0 Å². The van der Waals surface area contributed by atoms with Crippen molar-refractivity contribution in [3.63, 3.8) is 0 Å². The lowest BCUT2D eigenvalue weighted by atomic mass is 10.2. The van der Waals surface area contributed by atoms with Crippen molar-refractivity contribution in [1.82, 2.24) is 4.90 Å². The van der Waals surface area contributed by atoms with Gasteiger partial charge in [-0.2, -0.15) is 0 Å². The van der Waals surface area contributed by atoms with Crippen LogP contribution in [-0.4, -0.2) is 37.3 Å². The summed E-state index contributed by atoms with van der Waals surface area (Å²) in [6, 6.07) is 10.8. The smallest absolute Gasteiger partial charge is 0.322 e. The molecule has 2 heterocycles. The maximum absolute atomic E-state index is 12.7. The molecule has 0 spiro atoms. The Kier molecular flexibility index (Phi) is 5.38. The third-order valence-corrected chi connectivity index (χ3v) is 3.98. The van der Waals surface area contributed by atoms with Gasteiger partial charge in [-0.1, -0.05) is 6.07 Å². The molecule has 0 saturated carbocycles. The van der Waals surface area contributed by atoms with E-state index >= 15 is 0 Å². The van der Waals surface area contributed by atoms with Gasteiger partial charge in [0.1, 0.15) is 11.5 Å². The lowest BCUT2D eigenvalue weighted by Gasteiger charge is -2.25. The quantitative estimate of drug-likeness (QED) is 0.880. The normalized spacial score (nSPS) is 16.8. The van der Waals surface area contributed by atoms with Crippen molar-refractivity contribution in [2.24, 2.45) is 0 Å². The molecule has 128 valence electrons. The standard InChI is InChI=1S/C18H22N2O4/c1-22-15-6-2-5-14(11-15)19-18(21)20(12-16-7-3-9-23-16)13-17-8-4-10-24-17/h2-3,5-7,9,11,17H,4,8,10,12-13H2,1H3,(H,19,21). The molecule has 1 atom stereocenters. The second-order valence-electron chi connectivity index (χ2n) is 5.76. The van der Waals surface area contributed by atoms with Gasteiger partial charge in [0.05, 0.1) is 26.0 Å². The first-order chi connectivity index (χ1) is 11.7. The minimum atomic E-state index is -0.185. The fourth-order valence-electron chi connectivity index (χ4n) is 2.75. The second-order valence-corrected chi connectivity index (χ2v) is 5.76. The topological polar surface area (TPSA) is 63.9 Å². The first-order valence-electron chi connectivity index (χ1n) is 8.08. The molecule has 2 aromatic rings. The van der Waals surface area contributed by atoms with E-state index in [0.717, 1.165) is 25.2 Å². The molecule has 1 N–H and O–H groups in total. The summed E-state index contributed by atoms with van der Waals surface area (Å²) in [5, 5.41) is 2.91. The summed E-state index contributed by atoms with van der Waals surface area (Å²) in [4.78, 5) is 14.4. The van der Waals surface area contributed by atoms with Gasteiger partial charge in [0.15, 0.2) is 0 Å². The summed E-state index contributed by atoms with van der Waals surface area (Å²) in [7, 11) is 1.60. The van der Waals surface area contributed by atoms with Crippen LogP contribution in [0.25, 0.3) is 0 Å². The maximum atomic E-state index is 12.7. The van der Waals surface area contributed by atoms with Crippen molar-refractivity contribution < 1.29 is 18.7 Å². The zero-order chi connectivity index (χ0) is 16.8. The Morgan fingerprint density at radius 2 is 2.29 bits per heavy atom. The van der Waals surface area contributed by atoms with Crippen LogP contribution in [0.2, 0.25) is 0 Å². The van der Waals surface area contributed by atoms with Crippen LogP contribution in [0.15, 0.2) is 47.1 Å². The van der Waals surface area contributed by atoms with Gasteiger partial charge in [0, 0.05) is 24.9 Å². The summed E-state index contributed by atoms with van der Waals surface area (Å²) in [5.74, 6) is 1.44. The van der Waals surface area contributed by atoms with E-state index in [9.17, 15) is 4.79 Å². The number of rotatable bonds is 6. The number of methoxy groups -OCH3 is 1. The SMILES string of the molecule is COc1cccc(NC(=O)N(Cc2ccco2)CC2CCCO2)c1. The van der Waals surface area contributed by atoms with E-state index in [4.69, 9.17) is 13.9 Å². The number of urea groups is 1. The van der Waals surface area contributed by atoms with E-state index in [1.54, 1.807) is 24.3 Å². The molecular weight excluding hydrogens is 308 g/mol. The van der Waals surface area contributed by atoms with Crippen molar-refractivity contribution in [1.29, 1.82) is 0 Å². The Balaban J connectivity index is 1.69. The number of carbonyl (C=O) groups excluding carboxylic acids is 1. The molecule has 0 bridgehead atoms. The average molecular weight is 330 g/mol. The monoisotopic (exact) mass is 330 g/mol. The first-order valence-corrected chi connectivity index (χ1v) is 8.08. The Morgan fingerprint density at radius 3 is 3.00 bits per heavy atom. The Bertz CT molecular complexity index is 651. The largest absolute Gasteiger partial charge is 0.497 e. The van der Waals surface area contributed by atoms with Gasteiger partial charge < -0.3 is 24.1 Å². The molecule has 1 fully saturated rings. The van der Waals surface area contributed by atoms with Gasteiger partial charge in [-0.05, 0) is 37.1 Å². The fraction of sp³-hybridized carbons (Fsp3) is 0.389. The third-order valence-electron chi connectivity index (χ3n) is 3.98. The van der Waals surface area contributed by atoms with Crippen LogP contribution in [0.1, 0.15) is 18.6 Å². The highest BCUT2D eigenvalue weighted by Gasteiger charge is 2.23. The summed E-state index contributed by atoms with van der Waals surface area (Å²) in [6.45, 7) is 1.70. The Labute approximate surface area is 141 Å². The average Bonchev–Trinajstić information content (AvgIpc) is 3.28. The highest BCUT2D eigenvalue weighted by Crippen LogP contribution is 2.19. The molecule has 6 heteroatoms. The molecule has 0 radical (unpaired) electrons. The summed E-state index contributed by atoms with van der Waals surface area (Å²) in [6.07, 6.45) is 3.70. The van der Waals surface area contributed by atoms with Crippen molar-refractivity contribution in [3.05, 3.63) is 48.4 Å². The molecule has 3 rings (SSSR count). The van der Waals surface area contributed by atoms with Crippen LogP contribution in [0.4, 0.5) is 10.5 Å². The number of anilines is 1. The van der Waals surface area contributed by atoms with Crippen molar-refractivity contribution in [3.8, 4) is 5.75 Å². The van der Waals surface area contributed by atoms with Crippen LogP contribution < -0.4 is 10.1 Å². The predicted octanol–water partition coefficient (Wildman–Crippen LogP) is 3.50. The third kappa shape index (κ3) is 4.29. The number of carbonyl (C=O) groups is 1. The molecule has 1 aliphatic heterocycles. The Morgan fingerprint density at radius 1 is 1.38 bits per heavy atom. The lowest BCUT2D eigenvalue weighted by molar-refractivity contribution is 0.0803. The molecule has 0 aliphatic carbocycles. The van der Waals surface area contributed by atoms with E-state index in [2.05, 4.69) is 5.32 Å². The Hall–Kier alpha value is -2.47. The van der Waals surface area contributed by atoms with Gasteiger partial charge in [-0.15, -0.1) is 0 Å². The molecule has 24 heavy (non-hydrogen) atoms. The molecule has 1 unspecified atom stereocenters. The summed E-state index contributed by atoms with van der Waals surface area (Å²) >= 11 is 0. The molecule has 1 aliphatic rings. The number of benzene rings is 1. The van der Waals surface area contributed by atoms with Crippen molar-refractivity contribution >= 4 is 11.7 Å². The van der Waals surface area contributed by atoms with Crippen molar-refractivity contribution in [2.75, 3.05) is 25.6 Å². The molecule has 1 aromatic heterocycles. The van der Waals surface area contributed by atoms with E-state index < -0.39 is 0 Å². The molecule has 2 amide bonds. The first kappa shape index (κ1) is 16.4. The maximum Gasteiger partial charge on any atom is 0.322 e. The minimum Gasteiger partial charge on any atom is -0.497 e. The summed E-state index contributed by atoms with van der Waals surface area (Å²) < 4.78 is 16.2. The van der Waals surface area contributed by atoms with Crippen LogP contribution >= 0.6 is 0 Å². The minimum absolute atomic E-state index is 0.0796. The summed E-state index contributed by atoms with van der Waals surface area (Å²) in [5.41, 5.74) is 0.691. The highest BCUT2D eigenvalue weighted by molar-refractivity contribution is 5.89. The zero-order valence-corrected chi connectivity index (χ0v) is 13.7. The van der Waals surface area contributed by atoms with Crippen LogP contribution in [-0.2, 0) is 11.3 Å². The number of nitrogens with zero attached hydrogens (tertiary/aromatic N) is 1. The van der Waals surface area contributed by atoms with Gasteiger partial charge in [-0.3, -0.25) is 0 Å². The number of nitrogens with one attached hydrogen (secondary N) is 1. The zero-order valence-electron chi connectivity index (χ0n) is 13.7. The van der Waals surface area contributed by atoms with Gasteiger partial charge in [0.25, 0.3) is 0 Å². The number of ether oxygens (including phenoxy) is 2. The number of amides is 2. The number of hydrogen-bond donors (Lipinski definition) is 1. The van der Waals surface area contributed by atoms with E-state index in [1.165, 1.54) is 0 Å². The molecular formula is C18H22N2O4. The van der Waals surface area contributed by atoms with Gasteiger partial charge in [0.2, 0.25) is 0 Å².